The minimum Gasteiger partial charge on any atom is -0.493 e. The molecule has 0 aliphatic carbocycles. The fourth-order valence-corrected chi connectivity index (χ4v) is 6.51. The number of esters is 1. The van der Waals surface area contributed by atoms with E-state index in [1.165, 1.54) is 29.8 Å². The van der Waals surface area contributed by atoms with E-state index in [2.05, 4.69) is 6.58 Å². The summed E-state index contributed by atoms with van der Waals surface area (Å²) in [6.07, 6.45) is 3.35. The van der Waals surface area contributed by atoms with Crippen molar-refractivity contribution in [3.05, 3.63) is 119 Å². The molecule has 0 bridgehead atoms. The van der Waals surface area contributed by atoms with Crippen LogP contribution in [0, 0.1) is 0 Å². The van der Waals surface area contributed by atoms with E-state index < -0.39 is 12.0 Å². The number of rotatable bonds is 9. The Morgan fingerprint density at radius 1 is 1.20 bits per heavy atom. The number of halogens is 1. The third-order valence-electron chi connectivity index (χ3n) is 6.08. The molecule has 10 heteroatoms. The number of ether oxygens (including phenoxy) is 3. The topological polar surface area (TPSA) is 79.1 Å². The first-order valence-electron chi connectivity index (χ1n) is 12.4. The molecule has 5 rings (SSSR count). The number of thiophene rings is 1. The zero-order chi connectivity index (χ0) is 28.2. The Morgan fingerprint density at radius 3 is 2.67 bits per heavy atom. The number of carbonyl (C=O) groups excluding carboxylic acids is 1. The largest absolute Gasteiger partial charge is 0.493 e. The Balaban J connectivity index is 1.74. The van der Waals surface area contributed by atoms with Crippen molar-refractivity contribution < 1.29 is 19.0 Å². The summed E-state index contributed by atoms with van der Waals surface area (Å²) >= 11 is 9.20. The van der Waals surface area contributed by atoms with Crippen molar-refractivity contribution in [1.29, 1.82) is 0 Å². The predicted molar refractivity (Wildman–Crippen MR) is 159 cm³/mol. The third kappa shape index (κ3) is 5.28. The Kier molecular flexibility index (Phi) is 8.35. The minimum atomic E-state index is -0.694. The molecule has 4 aromatic rings. The van der Waals surface area contributed by atoms with E-state index >= 15 is 0 Å². The molecule has 2 aromatic heterocycles. The number of nitrogens with zero attached hydrogens (tertiary/aromatic N) is 2. The first-order valence-corrected chi connectivity index (χ1v) is 14.5. The fraction of sp³-hybridized carbons (Fsp3) is 0.167. The molecule has 40 heavy (non-hydrogen) atoms. The second kappa shape index (κ2) is 12.1. The van der Waals surface area contributed by atoms with Gasteiger partial charge in [-0.25, -0.2) is 9.79 Å². The van der Waals surface area contributed by atoms with Gasteiger partial charge >= 0.3 is 5.97 Å². The van der Waals surface area contributed by atoms with Gasteiger partial charge in [0.15, 0.2) is 16.3 Å². The van der Waals surface area contributed by atoms with Gasteiger partial charge in [-0.1, -0.05) is 72.0 Å². The molecule has 7 nitrogen and oxygen atoms in total. The summed E-state index contributed by atoms with van der Waals surface area (Å²) in [5, 5.41) is 2.26. The molecule has 1 atom stereocenters. The highest BCUT2D eigenvalue weighted by molar-refractivity contribution is 7.10. The maximum atomic E-state index is 14.0. The molecule has 1 aliphatic heterocycles. The smallest absolute Gasteiger partial charge is 0.338 e. The molecule has 0 unspecified atom stereocenters. The van der Waals surface area contributed by atoms with Gasteiger partial charge in [-0.05, 0) is 42.1 Å². The Labute approximate surface area is 243 Å². The third-order valence-corrected chi connectivity index (χ3v) is 8.27. The molecule has 1 aliphatic rings. The summed E-state index contributed by atoms with van der Waals surface area (Å²) in [6.45, 7) is 5.88. The molecular formula is C30H25ClN2O5S2. The van der Waals surface area contributed by atoms with Crippen LogP contribution >= 0.6 is 34.3 Å². The van der Waals surface area contributed by atoms with Gasteiger partial charge < -0.3 is 14.2 Å². The highest BCUT2D eigenvalue weighted by Crippen LogP contribution is 2.38. The van der Waals surface area contributed by atoms with E-state index in [-0.39, 0.29) is 18.8 Å². The zero-order valence-corrected chi connectivity index (χ0v) is 24.1. The number of carbonyl (C=O) groups is 1. The van der Waals surface area contributed by atoms with Gasteiger partial charge in [-0.15, -0.1) is 11.3 Å². The highest BCUT2D eigenvalue weighted by atomic mass is 35.5. The number of thiazole rings is 1. The lowest BCUT2D eigenvalue weighted by Gasteiger charge is -2.24. The van der Waals surface area contributed by atoms with Crippen molar-refractivity contribution >= 4 is 52.0 Å². The van der Waals surface area contributed by atoms with Crippen LogP contribution in [0.15, 0.2) is 88.0 Å². The van der Waals surface area contributed by atoms with Gasteiger partial charge in [0.25, 0.3) is 5.56 Å². The Bertz CT molecular complexity index is 1770. The van der Waals surface area contributed by atoms with Crippen molar-refractivity contribution in [3.8, 4) is 11.5 Å². The highest BCUT2D eigenvalue weighted by Gasteiger charge is 2.35. The summed E-state index contributed by atoms with van der Waals surface area (Å²) in [6, 6.07) is 16.0. The van der Waals surface area contributed by atoms with E-state index in [0.717, 1.165) is 10.4 Å². The molecule has 0 amide bonds. The summed E-state index contributed by atoms with van der Waals surface area (Å²) in [5.74, 6) is 0.317. The normalized spacial score (nSPS) is 14.9. The van der Waals surface area contributed by atoms with Crippen molar-refractivity contribution in [2.75, 3.05) is 20.3 Å². The molecule has 0 N–H and O–H groups in total. The molecule has 3 heterocycles. The van der Waals surface area contributed by atoms with Crippen molar-refractivity contribution in [3.63, 3.8) is 0 Å². The fourth-order valence-electron chi connectivity index (χ4n) is 4.41. The lowest BCUT2D eigenvalue weighted by Crippen LogP contribution is -2.39. The standard InChI is InChI=1S/C30H25ClN2O5S2/c1-4-13-38-27-20(31)15-18(16-21(27)36-3)17-23-28(34)33-26(22-12-9-14-39-22)24(29(35)37-5-2)25(32-30(33)40-23)19-10-7-6-8-11-19/h4,6-12,14-17,26H,1,5,13H2,2-3H3/b23-17-/t26-/m0/s1. The lowest BCUT2D eigenvalue weighted by atomic mass is 9.97. The predicted octanol–water partition coefficient (Wildman–Crippen LogP) is 5.22. The second-order valence-corrected chi connectivity index (χ2v) is 11.0. The van der Waals surface area contributed by atoms with E-state index in [4.69, 9.17) is 30.8 Å². The zero-order valence-electron chi connectivity index (χ0n) is 21.8. The van der Waals surface area contributed by atoms with E-state index in [1.807, 2.05) is 47.8 Å². The van der Waals surface area contributed by atoms with Crippen LogP contribution in [0.1, 0.15) is 29.0 Å². The molecular weight excluding hydrogens is 568 g/mol. The quantitative estimate of drug-likeness (QED) is 0.197. The van der Waals surface area contributed by atoms with Crippen molar-refractivity contribution in [2.45, 2.75) is 13.0 Å². The van der Waals surface area contributed by atoms with Crippen molar-refractivity contribution in [1.82, 2.24) is 4.57 Å². The van der Waals surface area contributed by atoms with Crippen LogP contribution in [-0.2, 0) is 9.53 Å². The van der Waals surface area contributed by atoms with E-state index in [9.17, 15) is 9.59 Å². The Hall–Kier alpha value is -3.92. The number of aromatic nitrogens is 1. The van der Waals surface area contributed by atoms with Crippen LogP contribution in [0.4, 0.5) is 0 Å². The lowest BCUT2D eigenvalue weighted by molar-refractivity contribution is -0.138. The van der Waals surface area contributed by atoms with Gasteiger partial charge in [-0.2, -0.15) is 0 Å². The number of hydrogen-bond donors (Lipinski definition) is 0. The number of hydrogen-bond acceptors (Lipinski definition) is 8. The maximum Gasteiger partial charge on any atom is 0.338 e. The molecule has 0 fully saturated rings. The van der Waals surface area contributed by atoms with Crippen LogP contribution in [0.25, 0.3) is 11.8 Å². The minimum absolute atomic E-state index is 0.196. The molecule has 0 radical (unpaired) electrons. The first-order chi connectivity index (χ1) is 19.5. The average molecular weight is 593 g/mol. The molecule has 0 spiro atoms. The summed E-state index contributed by atoms with van der Waals surface area (Å²) in [7, 11) is 1.52. The first kappa shape index (κ1) is 27.6. The van der Waals surface area contributed by atoms with E-state index in [1.54, 1.807) is 35.8 Å². The maximum absolute atomic E-state index is 14.0. The van der Waals surface area contributed by atoms with Crippen LogP contribution in [0.2, 0.25) is 5.02 Å². The number of fused-ring (bicyclic) bond motifs is 1. The number of benzene rings is 2. The monoisotopic (exact) mass is 592 g/mol. The van der Waals surface area contributed by atoms with Crippen LogP contribution in [0.5, 0.6) is 11.5 Å². The van der Waals surface area contributed by atoms with Crippen molar-refractivity contribution in [2.24, 2.45) is 4.99 Å². The van der Waals surface area contributed by atoms with Gasteiger partial charge in [-0.3, -0.25) is 9.36 Å². The molecule has 0 saturated heterocycles. The summed E-state index contributed by atoms with van der Waals surface area (Å²) in [5.41, 5.74) is 1.94. The van der Waals surface area contributed by atoms with E-state index in [0.29, 0.717) is 42.7 Å². The number of methoxy groups -OCH3 is 1. The van der Waals surface area contributed by atoms with Gasteiger partial charge in [0.1, 0.15) is 12.6 Å². The van der Waals surface area contributed by atoms with Gasteiger partial charge in [0, 0.05) is 10.4 Å². The average Bonchev–Trinajstić information content (AvgIpc) is 3.60. The Morgan fingerprint density at radius 2 is 2.00 bits per heavy atom. The van der Waals surface area contributed by atoms with Crippen LogP contribution in [-0.4, -0.2) is 30.9 Å². The van der Waals surface area contributed by atoms with Gasteiger partial charge in [0.05, 0.1) is 34.5 Å². The van der Waals surface area contributed by atoms with Gasteiger partial charge in [0.2, 0.25) is 0 Å². The van der Waals surface area contributed by atoms with Crippen LogP contribution in [0.3, 0.4) is 0 Å². The molecule has 204 valence electrons. The molecule has 0 saturated carbocycles. The summed E-state index contributed by atoms with van der Waals surface area (Å²) < 4.78 is 18.6. The molecule has 2 aromatic carbocycles. The second-order valence-electron chi connectivity index (χ2n) is 8.58. The SMILES string of the molecule is C=CCOc1c(Cl)cc(/C=c2\sc3n(c2=O)[C@@H](c2cccs2)C(C(=O)OCC)=C(c2ccccc2)N=3)cc1OC. The summed E-state index contributed by atoms with van der Waals surface area (Å²) in [4.78, 5) is 33.5. The van der Waals surface area contributed by atoms with Crippen LogP contribution < -0.4 is 24.4 Å².